The van der Waals surface area contributed by atoms with Crippen molar-refractivity contribution in [3.63, 3.8) is 0 Å². The van der Waals surface area contributed by atoms with Gasteiger partial charge in [-0.05, 0) is 35.7 Å². The van der Waals surface area contributed by atoms with Crippen molar-refractivity contribution in [3.05, 3.63) is 99.0 Å². The van der Waals surface area contributed by atoms with Gasteiger partial charge in [0.05, 0.1) is 21.2 Å². The highest BCUT2D eigenvalue weighted by molar-refractivity contribution is 6.43. The monoisotopic (exact) mass is 438 g/mol. The van der Waals surface area contributed by atoms with Crippen LogP contribution in [0.3, 0.4) is 0 Å². The fourth-order valence-electron chi connectivity index (χ4n) is 3.37. The Morgan fingerprint density at radius 1 is 0.833 bits per heavy atom. The zero-order valence-corrected chi connectivity index (χ0v) is 17.2. The highest BCUT2D eigenvalue weighted by Gasteiger charge is 2.37. The molecule has 0 saturated carbocycles. The van der Waals surface area contributed by atoms with Gasteiger partial charge in [-0.2, -0.15) is 0 Å². The first-order valence-corrected chi connectivity index (χ1v) is 9.96. The molecule has 0 fully saturated rings. The van der Waals surface area contributed by atoms with Crippen LogP contribution in [0.15, 0.2) is 66.7 Å². The summed E-state index contributed by atoms with van der Waals surface area (Å²) >= 11 is 11.9. The molecule has 1 heterocycles. The van der Waals surface area contributed by atoms with Gasteiger partial charge in [-0.3, -0.25) is 19.3 Å². The number of amides is 3. The third-order valence-corrected chi connectivity index (χ3v) is 5.56. The van der Waals surface area contributed by atoms with Gasteiger partial charge in [0.25, 0.3) is 11.8 Å². The minimum Gasteiger partial charge on any atom is -0.324 e. The first-order valence-electron chi connectivity index (χ1n) is 9.21. The number of hydrogen-bond donors (Lipinski definition) is 1. The second-order valence-electron chi connectivity index (χ2n) is 6.88. The fraction of sp³-hybridized carbons (Fsp3) is 0.0870. The van der Waals surface area contributed by atoms with Crippen LogP contribution in [0.4, 0.5) is 5.69 Å². The molecule has 5 nitrogen and oxygen atoms in total. The molecule has 0 radical (unpaired) electrons. The molecule has 0 bridgehead atoms. The molecule has 0 atom stereocenters. The number of benzene rings is 3. The average Bonchev–Trinajstić information content (AvgIpc) is 2.95. The molecule has 0 spiro atoms. The highest BCUT2D eigenvalue weighted by Crippen LogP contribution is 2.31. The standard InChI is InChI=1S/C23H16Cl2N2O3/c24-18-11-16-17(12-19(18)25)23(30)27(22(16)29)13-21(28)26-20-9-5-4-8-15(20)10-14-6-2-1-3-7-14/h1-9,11-12H,10,13H2,(H,26,28). The minimum atomic E-state index is -0.568. The molecule has 0 unspecified atom stereocenters. The van der Waals surface area contributed by atoms with E-state index in [9.17, 15) is 14.4 Å². The third kappa shape index (κ3) is 3.95. The van der Waals surface area contributed by atoms with Crippen LogP contribution in [0.5, 0.6) is 0 Å². The SMILES string of the molecule is O=C(CN1C(=O)c2cc(Cl)c(Cl)cc2C1=O)Nc1ccccc1Cc1ccccc1. The number of carbonyl (C=O) groups excluding carboxylic acids is 3. The van der Waals surface area contributed by atoms with Crippen molar-refractivity contribution in [2.75, 3.05) is 11.9 Å². The number of imide groups is 1. The quantitative estimate of drug-likeness (QED) is 0.580. The number of fused-ring (bicyclic) bond motifs is 1. The predicted octanol–water partition coefficient (Wildman–Crippen LogP) is 4.82. The molecule has 1 N–H and O–H groups in total. The summed E-state index contributed by atoms with van der Waals surface area (Å²) in [6.45, 7) is -0.402. The number of halogens is 2. The van der Waals surface area contributed by atoms with Crippen LogP contribution in [0.1, 0.15) is 31.8 Å². The highest BCUT2D eigenvalue weighted by atomic mass is 35.5. The second kappa shape index (κ2) is 8.30. The van der Waals surface area contributed by atoms with Crippen molar-refractivity contribution in [2.24, 2.45) is 0 Å². The Balaban J connectivity index is 1.50. The molecule has 1 aliphatic heterocycles. The van der Waals surface area contributed by atoms with Gasteiger partial charge < -0.3 is 5.32 Å². The van der Waals surface area contributed by atoms with E-state index in [1.165, 1.54) is 12.1 Å². The van der Waals surface area contributed by atoms with Gasteiger partial charge in [-0.15, -0.1) is 0 Å². The lowest BCUT2D eigenvalue weighted by molar-refractivity contribution is -0.116. The van der Waals surface area contributed by atoms with Crippen LogP contribution in [0.25, 0.3) is 0 Å². The lowest BCUT2D eigenvalue weighted by Gasteiger charge is -2.15. The van der Waals surface area contributed by atoms with E-state index in [-0.39, 0.29) is 21.2 Å². The van der Waals surface area contributed by atoms with E-state index >= 15 is 0 Å². The number of hydrogen-bond acceptors (Lipinski definition) is 3. The van der Waals surface area contributed by atoms with Crippen molar-refractivity contribution < 1.29 is 14.4 Å². The predicted molar refractivity (Wildman–Crippen MR) is 116 cm³/mol. The molecule has 1 aliphatic rings. The second-order valence-corrected chi connectivity index (χ2v) is 7.69. The van der Waals surface area contributed by atoms with E-state index in [2.05, 4.69) is 5.32 Å². The van der Waals surface area contributed by atoms with Gasteiger partial charge in [0, 0.05) is 5.69 Å². The lowest BCUT2D eigenvalue weighted by Crippen LogP contribution is -2.37. The number of nitrogens with one attached hydrogen (secondary N) is 1. The summed E-state index contributed by atoms with van der Waals surface area (Å²) in [4.78, 5) is 38.7. The molecular formula is C23H16Cl2N2O3. The maximum atomic E-state index is 12.6. The van der Waals surface area contributed by atoms with Gasteiger partial charge in [0.15, 0.2) is 0 Å². The summed E-state index contributed by atoms with van der Waals surface area (Å²) < 4.78 is 0. The minimum absolute atomic E-state index is 0.145. The molecule has 30 heavy (non-hydrogen) atoms. The van der Waals surface area contributed by atoms with Gasteiger partial charge >= 0.3 is 0 Å². The Bertz CT molecular complexity index is 1120. The first-order chi connectivity index (χ1) is 14.4. The van der Waals surface area contributed by atoms with Crippen LogP contribution < -0.4 is 5.32 Å². The Morgan fingerprint density at radius 2 is 1.40 bits per heavy atom. The Kier molecular flexibility index (Phi) is 5.57. The van der Waals surface area contributed by atoms with Crippen LogP contribution in [-0.4, -0.2) is 29.2 Å². The zero-order chi connectivity index (χ0) is 21.3. The maximum absolute atomic E-state index is 12.6. The Morgan fingerprint density at radius 3 is 2.03 bits per heavy atom. The smallest absolute Gasteiger partial charge is 0.262 e. The van der Waals surface area contributed by atoms with Gasteiger partial charge in [0.2, 0.25) is 5.91 Å². The number of nitrogens with zero attached hydrogens (tertiary/aromatic N) is 1. The summed E-state index contributed by atoms with van der Waals surface area (Å²) in [6, 6.07) is 20.0. The van der Waals surface area contributed by atoms with E-state index in [0.29, 0.717) is 12.1 Å². The summed E-state index contributed by atoms with van der Waals surface area (Å²) in [5.41, 5.74) is 2.96. The Labute approximate surface area is 183 Å². The Hall–Kier alpha value is -3.15. The first kappa shape index (κ1) is 20.1. The van der Waals surface area contributed by atoms with Crippen molar-refractivity contribution in [1.82, 2.24) is 4.90 Å². The number of rotatable bonds is 5. The molecule has 4 rings (SSSR count). The largest absolute Gasteiger partial charge is 0.324 e. The molecule has 3 aromatic rings. The van der Waals surface area contributed by atoms with E-state index in [1.54, 1.807) is 6.07 Å². The summed E-state index contributed by atoms with van der Waals surface area (Å²) in [5.74, 6) is -1.61. The van der Waals surface area contributed by atoms with E-state index < -0.39 is 24.3 Å². The zero-order valence-electron chi connectivity index (χ0n) is 15.7. The summed E-state index contributed by atoms with van der Waals surface area (Å²) in [7, 11) is 0. The number of para-hydroxylation sites is 1. The van der Waals surface area contributed by atoms with E-state index in [1.807, 2.05) is 48.5 Å². The normalized spacial score (nSPS) is 12.8. The summed E-state index contributed by atoms with van der Waals surface area (Å²) in [5, 5.41) is 3.17. The van der Waals surface area contributed by atoms with Crippen molar-refractivity contribution in [1.29, 1.82) is 0 Å². The molecule has 3 amide bonds. The van der Waals surface area contributed by atoms with E-state index in [4.69, 9.17) is 23.2 Å². The molecule has 0 saturated heterocycles. The number of anilines is 1. The van der Waals surface area contributed by atoms with E-state index in [0.717, 1.165) is 16.0 Å². The molecular weight excluding hydrogens is 423 g/mol. The molecule has 3 aromatic carbocycles. The molecule has 150 valence electrons. The molecule has 7 heteroatoms. The fourth-order valence-corrected chi connectivity index (χ4v) is 3.70. The lowest BCUT2D eigenvalue weighted by atomic mass is 10.0. The maximum Gasteiger partial charge on any atom is 0.262 e. The van der Waals surface area contributed by atoms with Crippen LogP contribution in [0.2, 0.25) is 10.0 Å². The molecule has 0 aliphatic carbocycles. The average molecular weight is 439 g/mol. The van der Waals surface area contributed by atoms with Crippen molar-refractivity contribution in [2.45, 2.75) is 6.42 Å². The van der Waals surface area contributed by atoms with Crippen molar-refractivity contribution >= 4 is 46.6 Å². The van der Waals surface area contributed by atoms with Gasteiger partial charge in [0.1, 0.15) is 6.54 Å². The van der Waals surface area contributed by atoms with Gasteiger partial charge in [-0.1, -0.05) is 71.7 Å². The molecule has 0 aromatic heterocycles. The van der Waals surface area contributed by atoms with Crippen molar-refractivity contribution in [3.8, 4) is 0 Å². The van der Waals surface area contributed by atoms with Gasteiger partial charge in [-0.25, -0.2) is 0 Å². The van der Waals surface area contributed by atoms with Crippen LogP contribution >= 0.6 is 23.2 Å². The summed E-state index contributed by atoms with van der Waals surface area (Å²) in [6.07, 6.45) is 0.640. The van der Waals surface area contributed by atoms with Crippen LogP contribution in [-0.2, 0) is 11.2 Å². The topological polar surface area (TPSA) is 66.5 Å². The van der Waals surface area contributed by atoms with Crippen LogP contribution in [0, 0.1) is 0 Å². The number of carbonyl (C=O) groups is 3. The third-order valence-electron chi connectivity index (χ3n) is 4.84.